The van der Waals surface area contributed by atoms with Crippen LogP contribution in [-0.4, -0.2) is 69.7 Å². The van der Waals surface area contributed by atoms with E-state index in [-0.39, 0.29) is 6.61 Å². The normalized spacial score (nSPS) is 30.6. The van der Waals surface area contributed by atoms with Crippen molar-refractivity contribution in [1.82, 2.24) is 5.32 Å². The molecule has 9 heteroatoms. The Hall–Kier alpha value is -1.26. The fraction of sp³-hybridized carbons (Fsp3) is 0.818. The first-order valence-electron chi connectivity index (χ1n) is 6.04. The van der Waals surface area contributed by atoms with Gasteiger partial charge in [-0.1, -0.05) is 0 Å². The summed E-state index contributed by atoms with van der Waals surface area (Å²) in [6.07, 6.45) is -2.38. The van der Waals surface area contributed by atoms with Crippen LogP contribution in [0.25, 0.3) is 0 Å². The highest BCUT2D eigenvalue weighted by Gasteiger charge is 2.51. The zero-order chi connectivity index (χ0) is 15.5. The van der Waals surface area contributed by atoms with Crippen molar-refractivity contribution in [3.63, 3.8) is 0 Å². The molecule has 0 aromatic rings. The molecule has 0 spiro atoms. The van der Waals surface area contributed by atoms with Crippen LogP contribution in [0.5, 0.6) is 0 Å². The monoisotopic (exact) mass is 293 g/mol. The van der Waals surface area contributed by atoms with Crippen LogP contribution >= 0.6 is 0 Å². The minimum atomic E-state index is -2.71. The van der Waals surface area contributed by atoms with Crippen molar-refractivity contribution in [2.75, 3.05) is 13.2 Å². The largest absolute Gasteiger partial charge is 0.479 e. The molecule has 1 fully saturated rings. The van der Waals surface area contributed by atoms with E-state index in [0.29, 0.717) is 0 Å². The maximum atomic E-state index is 11.1. The third-order valence-corrected chi connectivity index (χ3v) is 3.01. The zero-order valence-corrected chi connectivity index (χ0v) is 11.1. The zero-order valence-electron chi connectivity index (χ0n) is 11.1. The van der Waals surface area contributed by atoms with Crippen LogP contribution in [0, 0.1) is 5.92 Å². The van der Waals surface area contributed by atoms with Gasteiger partial charge in [0.05, 0.1) is 19.3 Å². The van der Waals surface area contributed by atoms with Crippen LogP contribution in [0.4, 0.5) is 0 Å². The lowest BCUT2D eigenvalue weighted by Crippen LogP contribution is -2.67. The minimum absolute atomic E-state index is 0.253. The van der Waals surface area contributed by atoms with Crippen molar-refractivity contribution in [2.24, 2.45) is 5.92 Å². The molecule has 9 nitrogen and oxygen atoms in total. The van der Waals surface area contributed by atoms with Gasteiger partial charge < -0.3 is 35.2 Å². The first kappa shape index (κ1) is 16.8. The lowest BCUT2D eigenvalue weighted by Gasteiger charge is -2.44. The maximum absolute atomic E-state index is 11.1. The Kier molecular flexibility index (Phi) is 5.42. The fourth-order valence-electron chi connectivity index (χ4n) is 1.94. The van der Waals surface area contributed by atoms with Crippen molar-refractivity contribution in [2.45, 2.75) is 38.1 Å². The number of carboxylic acid groups (broad SMARTS) is 1. The van der Waals surface area contributed by atoms with Crippen LogP contribution < -0.4 is 5.32 Å². The van der Waals surface area contributed by atoms with Gasteiger partial charge >= 0.3 is 11.9 Å². The van der Waals surface area contributed by atoms with Crippen LogP contribution in [0.2, 0.25) is 0 Å². The number of carbonyl (C=O) groups excluding carboxylic acids is 1. The second-order valence-electron chi connectivity index (χ2n) is 4.67. The van der Waals surface area contributed by atoms with Gasteiger partial charge in [0.2, 0.25) is 5.91 Å². The van der Waals surface area contributed by atoms with Crippen molar-refractivity contribution in [3.05, 3.63) is 0 Å². The summed E-state index contributed by atoms with van der Waals surface area (Å²) in [5.41, 5.74) is 0. The SMILES string of the molecule is CC(=O)N[C@@H]1[C@H](OC(C)C(=O)O)[C@H](CO)COC1(O)O. The highest BCUT2D eigenvalue weighted by molar-refractivity contribution is 5.73. The van der Waals surface area contributed by atoms with Crippen molar-refractivity contribution in [1.29, 1.82) is 0 Å². The van der Waals surface area contributed by atoms with Crippen molar-refractivity contribution >= 4 is 11.9 Å². The second kappa shape index (κ2) is 6.46. The van der Waals surface area contributed by atoms with Gasteiger partial charge in [-0.25, -0.2) is 4.79 Å². The molecule has 1 saturated heterocycles. The summed E-state index contributed by atoms with van der Waals surface area (Å²) in [4.78, 5) is 22.0. The van der Waals surface area contributed by atoms with E-state index in [9.17, 15) is 24.9 Å². The summed E-state index contributed by atoms with van der Waals surface area (Å²) < 4.78 is 9.99. The Labute approximate surface area is 115 Å². The van der Waals surface area contributed by atoms with Crippen molar-refractivity contribution in [3.8, 4) is 0 Å². The molecular weight excluding hydrogens is 274 g/mol. The maximum Gasteiger partial charge on any atom is 0.332 e. The highest BCUT2D eigenvalue weighted by atomic mass is 16.8. The molecule has 1 amide bonds. The number of ether oxygens (including phenoxy) is 2. The third kappa shape index (κ3) is 3.87. The van der Waals surface area contributed by atoms with E-state index in [1.807, 2.05) is 0 Å². The molecule has 4 atom stereocenters. The number of carboxylic acids is 1. The van der Waals surface area contributed by atoms with Gasteiger partial charge in [-0.15, -0.1) is 0 Å². The molecule has 1 aliphatic heterocycles. The number of aliphatic hydroxyl groups is 3. The molecule has 1 rings (SSSR count). The second-order valence-corrected chi connectivity index (χ2v) is 4.67. The van der Waals surface area contributed by atoms with E-state index in [2.05, 4.69) is 5.32 Å². The molecule has 0 aliphatic carbocycles. The van der Waals surface area contributed by atoms with E-state index in [0.717, 1.165) is 6.92 Å². The summed E-state index contributed by atoms with van der Waals surface area (Å²) in [7, 11) is 0. The van der Waals surface area contributed by atoms with Crippen LogP contribution in [-0.2, 0) is 19.1 Å². The Balaban J connectivity index is 2.98. The molecule has 1 aliphatic rings. The topological polar surface area (TPSA) is 146 Å². The summed E-state index contributed by atoms with van der Waals surface area (Å²) in [5, 5.41) is 39.8. The van der Waals surface area contributed by atoms with Gasteiger partial charge in [0, 0.05) is 12.8 Å². The molecule has 1 unspecified atom stereocenters. The molecule has 0 bridgehead atoms. The van der Waals surface area contributed by atoms with E-state index >= 15 is 0 Å². The Bertz CT molecular complexity index is 371. The number of hydrogen-bond acceptors (Lipinski definition) is 7. The van der Waals surface area contributed by atoms with Gasteiger partial charge in [-0.05, 0) is 6.92 Å². The van der Waals surface area contributed by atoms with E-state index < -0.39 is 48.6 Å². The highest BCUT2D eigenvalue weighted by Crippen LogP contribution is 2.28. The molecule has 116 valence electrons. The molecule has 20 heavy (non-hydrogen) atoms. The molecule has 0 saturated carbocycles. The van der Waals surface area contributed by atoms with E-state index in [4.69, 9.17) is 14.6 Å². The smallest absolute Gasteiger partial charge is 0.332 e. The summed E-state index contributed by atoms with van der Waals surface area (Å²) in [6, 6.07) is -1.42. The van der Waals surface area contributed by atoms with Crippen molar-refractivity contribution < 1.29 is 39.5 Å². The number of hydrogen-bond donors (Lipinski definition) is 5. The lowest BCUT2D eigenvalue weighted by molar-refractivity contribution is -0.389. The average molecular weight is 293 g/mol. The first-order chi connectivity index (χ1) is 9.19. The summed E-state index contributed by atoms with van der Waals surface area (Å²) in [5.74, 6) is -5.25. The summed E-state index contributed by atoms with van der Waals surface area (Å²) in [6.45, 7) is 1.73. The van der Waals surface area contributed by atoms with Gasteiger partial charge in [-0.3, -0.25) is 4.79 Å². The predicted octanol–water partition coefficient (Wildman–Crippen LogP) is -2.37. The number of carbonyl (C=O) groups is 2. The summed E-state index contributed by atoms with van der Waals surface area (Å²) >= 11 is 0. The van der Waals surface area contributed by atoms with Gasteiger partial charge in [-0.2, -0.15) is 0 Å². The fourth-order valence-corrected chi connectivity index (χ4v) is 1.94. The Morgan fingerprint density at radius 2 is 2.10 bits per heavy atom. The lowest BCUT2D eigenvalue weighted by atomic mass is 9.92. The number of nitrogens with one attached hydrogen (secondary N) is 1. The van der Waals surface area contributed by atoms with Gasteiger partial charge in [0.15, 0.2) is 6.10 Å². The first-order valence-corrected chi connectivity index (χ1v) is 6.04. The molecular formula is C11H19NO8. The molecule has 5 N–H and O–H groups in total. The quantitative estimate of drug-likeness (QED) is 0.353. The minimum Gasteiger partial charge on any atom is -0.479 e. The van der Waals surface area contributed by atoms with E-state index in [1.54, 1.807) is 0 Å². The van der Waals surface area contributed by atoms with Gasteiger partial charge in [0.1, 0.15) is 6.04 Å². The molecule has 0 aromatic heterocycles. The van der Waals surface area contributed by atoms with Crippen LogP contribution in [0.3, 0.4) is 0 Å². The predicted molar refractivity (Wildman–Crippen MR) is 63.3 cm³/mol. The molecule has 1 heterocycles. The number of aliphatic carboxylic acids is 1. The Morgan fingerprint density at radius 1 is 1.50 bits per heavy atom. The van der Waals surface area contributed by atoms with Gasteiger partial charge in [0.25, 0.3) is 0 Å². The number of aliphatic hydroxyl groups excluding tert-OH is 1. The standard InChI is InChI=1S/C11H19NO8/c1-5(10(15)16)20-8-7(3-13)4-19-11(17,18)9(8)12-6(2)14/h5,7-9,13,17-18H,3-4H2,1-2H3,(H,12,14)(H,15,16)/t5?,7-,8-,9-/m1/s1. The molecule has 0 radical (unpaired) electrons. The number of rotatable bonds is 5. The number of amides is 1. The molecule has 0 aromatic carbocycles. The Morgan fingerprint density at radius 3 is 2.55 bits per heavy atom. The van der Waals surface area contributed by atoms with Crippen LogP contribution in [0.1, 0.15) is 13.8 Å². The van der Waals surface area contributed by atoms with E-state index in [1.165, 1.54) is 6.92 Å². The van der Waals surface area contributed by atoms with Crippen LogP contribution in [0.15, 0.2) is 0 Å². The third-order valence-electron chi connectivity index (χ3n) is 3.01. The average Bonchev–Trinajstić information content (AvgIpc) is 2.33.